The Balaban J connectivity index is 2.09. The molecule has 28 heavy (non-hydrogen) atoms. The first-order valence-corrected chi connectivity index (χ1v) is 9.23. The van der Waals surface area contributed by atoms with Crippen LogP contribution in [-0.2, 0) is 11.3 Å². The molecule has 0 aromatic heterocycles. The number of hydrogen-bond donors (Lipinski definition) is 1. The van der Waals surface area contributed by atoms with Gasteiger partial charge in [-0.1, -0.05) is 13.0 Å². The fourth-order valence-electron chi connectivity index (χ4n) is 3.03. The Bertz CT molecular complexity index is 773. The number of methoxy groups -OCH3 is 3. The van der Waals surface area contributed by atoms with Crippen molar-refractivity contribution in [3.05, 3.63) is 47.0 Å². The molecule has 0 saturated heterocycles. The van der Waals surface area contributed by atoms with Crippen molar-refractivity contribution in [1.29, 1.82) is 0 Å². The summed E-state index contributed by atoms with van der Waals surface area (Å²) >= 11 is 0. The van der Waals surface area contributed by atoms with Gasteiger partial charge in [0.15, 0.2) is 17.6 Å². The molecule has 6 nitrogen and oxygen atoms in total. The van der Waals surface area contributed by atoms with E-state index in [1.807, 2.05) is 45.0 Å². The largest absolute Gasteiger partial charge is 0.493 e. The smallest absolute Gasteiger partial charge is 0.261 e. The predicted octanol–water partition coefficient (Wildman–Crippen LogP) is 3.80. The molecule has 0 unspecified atom stereocenters. The number of ether oxygens (including phenoxy) is 4. The van der Waals surface area contributed by atoms with Crippen molar-refractivity contribution in [3.8, 4) is 23.0 Å². The lowest BCUT2D eigenvalue weighted by Crippen LogP contribution is -2.37. The second-order valence-corrected chi connectivity index (χ2v) is 6.59. The monoisotopic (exact) mass is 387 g/mol. The third kappa shape index (κ3) is 5.31. The minimum Gasteiger partial charge on any atom is -0.493 e. The fraction of sp³-hybridized carbons (Fsp3) is 0.409. The molecule has 0 spiro atoms. The van der Waals surface area contributed by atoms with E-state index in [-0.39, 0.29) is 5.91 Å². The maximum absolute atomic E-state index is 12.6. The summed E-state index contributed by atoms with van der Waals surface area (Å²) in [5.41, 5.74) is 3.04. The van der Waals surface area contributed by atoms with Crippen LogP contribution in [-0.4, -0.2) is 33.3 Å². The highest BCUT2D eigenvalue weighted by molar-refractivity contribution is 5.81. The van der Waals surface area contributed by atoms with Crippen molar-refractivity contribution in [2.24, 2.45) is 0 Å². The number of aryl methyl sites for hydroxylation is 2. The topological polar surface area (TPSA) is 66.0 Å². The van der Waals surface area contributed by atoms with E-state index in [1.165, 1.54) is 0 Å². The van der Waals surface area contributed by atoms with Crippen LogP contribution in [0.2, 0.25) is 0 Å². The molecule has 2 rings (SSSR count). The maximum Gasteiger partial charge on any atom is 0.261 e. The molecular weight excluding hydrogens is 358 g/mol. The molecule has 1 N–H and O–H groups in total. The van der Waals surface area contributed by atoms with Crippen LogP contribution >= 0.6 is 0 Å². The Labute approximate surface area is 166 Å². The van der Waals surface area contributed by atoms with Gasteiger partial charge in [0.05, 0.1) is 21.3 Å². The van der Waals surface area contributed by atoms with Gasteiger partial charge in [0.1, 0.15) is 5.75 Å². The first-order chi connectivity index (χ1) is 13.4. The second-order valence-electron chi connectivity index (χ2n) is 6.59. The Morgan fingerprint density at radius 2 is 1.50 bits per heavy atom. The van der Waals surface area contributed by atoms with Crippen molar-refractivity contribution >= 4 is 5.91 Å². The van der Waals surface area contributed by atoms with Crippen LogP contribution in [0, 0.1) is 13.8 Å². The lowest BCUT2D eigenvalue weighted by molar-refractivity contribution is -0.128. The molecule has 0 heterocycles. The van der Waals surface area contributed by atoms with Crippen LogP contribution in [0.3, 0.4) is 0 Å². The van der Waals surface area contributed by atoms with Crippen LogP contribution in [0.4, 0.5) is 0 Å². The molecule has 1 atom stereocenters. The molecule has 0 bridgehead atoms. The fourth-order valence-corrected chi connectivity index (χ4v) is 3.03. The van der Waals surface area contributed by atoms with Gasteiger partial charge >= 0.3 is 0 Å². The van der Waals surface area contributed by atoms with Gasteiger partial charge in [-0.15, -0.1) is 0 Å². The van der Waals surface area contributed by atoms with Gasteiger partial charge in [-0.3, -0.25) is 4.79 Å². The standard InChI is InChI=1S/C22H29NO5/c1-7-18(28-17-9-14(2)8-15(3)10-17)22(24)23-13-16-11-19(25-4)21(27-6)20(12-16)26-5/h8-12,18H,7,13H2,1-6H3,(H,23,24)/t18-/m0/s1. The molecule has 2 aromatic carbocycles. The number of amides is 1. The van der Waals surface area contributed by atoms with E-state index < -0.39 is 6.10 Å². The summed E-state index contributed by atoms with van der Waals surface area (Å²) in [5, 5.41) is 2.92. The number of nitrogens with one attached hydrogen (secondary N) is 1. The lowest BCUT2D eigenvalue weighted by Gasteiger charge is -2.19. The van der Waals surface area contributed by atoms with Gasteiger partial charge in [0, 0.05) is 6.54 Å². The number of carbonyl (C=O) groups excluding carboxylic acids is 1. The molecule has 1 amide bonds. The first-order valence-electron chi connectivity index (χ1n) is 9.23. The minimum atomic E-state index is -0.566. The van der Waals surface area contributed by atoms with Crippen LogP contribution in [0.1, 0.15) is 30.0 Å². The molecule has 0 fully saturated rings. The van der Waals surface area contributed by atoms with E-state index >= 15 is 0 Å². The highest BCUT2D eigenvalue weighted by Crippen LogP contribution is 2.38. The number of rotatable bonds is 9. The van der Waals surface area contributed by atoms with Crippen LogP contribution < -0.4 is 24.3 Å². The quantitative estimate of drug-likeness (QED) is 0.709. The molecular formula is C22H29NO5. The van der Waals surface area contributed by atoms with E-state index in [2.05, 4.69) is 11.4 Å². The van der Waals surface area contributed by atoms with Crippen molar-refractivity contribution in [2.75, 3.05) is 21.3 Å². The van der Waals surface area contributed by atoms with Gasteiger partial charge in [0.2, 0.25) is 5.75 Å². The highest BCUT2D eigenvalue weighted by Gasteiger charge is 2.19. The van der Waals surface area contributed by atoms with Crippen molar-refractivity contribution in [1.82, 2.24) is 5.32 Å². The second kappa shape index (κ2) is 9.88. The van der Waals surface area contributed by atoms with Gasteiger partial charge in [-0.05, 0) is 61.2 Å². The zero-order valence-electron chi connectivity index (χ0n) is 17.4. The van der Waals surface area contributed by atoms with Crippen LogP contribution in [0.5, 0.6) is 23.0 Å². The molecule has 6 heteroatoms. The molecule has 0 aliphatic carbocycles. The Morgan fingerprint density at radius 1 is 0.929 bits per heavy atom. The number of hydrogen-bond acceptors (Lipinski definition) is 5. The first kappa shape index (κ1) is 21.4. The molecule has 152 valence electrons. The average molecular weight is 387 g/mol. The highest BCUT2D eigenvalue weighted by atomic mass is 16.5. The molecule has 0 aliphatic heterocycles. The van der Waals surface area contributed by atoms with Gasteiger partial charge in [-0.25, -0.2) is 0 Å². The summed E-state index contributed by atoms with van der Waals surface area (Å²) in [6.07, 6.45) is -0.00288. The van der Waals surface area contributed by atoms with E-state index in [0.717, 1.165) is 16.7 Å². The summed E-state index contributed by atoms with van der Waals surface area (Å²) in [6.45, 7) is 6.26. The Kier molecular flexibility index (Phi) is 7.55. The SMILES string of the molecule is CC[C@H](Oc1cc(C)cc(C)c1)C(=O)NCc1cc(OC)c(OC)c(OC)c1. The number of carbonyl (C=O) groups is 1. The van der Waals surface area contributed by atoms with Crippen LogP contribution in [0.25, 0.3) is 0 Å². The average Bonchev–Trinajstić information content (AvgIpc) is 2.68. The Hall–Kier alpha value is -2.89. The summed E-state index contributed by atoms with van der Waals surface area (Å²) in [4.78, 5) is 12.6. The van der Waals surface area contributed by atoms with Crippen LogP contribution in [0.15, 0.2) is 30.3 Å². The van der Waals surface area contributed by atoms with E-state index in [0.29, 0.717) is 36.0 Å². The maximum atomic E-state index is 12.6. The number of benzene rings is 2. The Morgan fingerprint density at radius 3 is 1.96 bits per heavy atom. The van der Waals surface area contributed by atoms with Gasteiger partial charge < -0.3 is 24.3 Å². The summed E-state index contributed by atoms with van der Waals surface area (Å²) < 4.78 is 22.0. The van der Waals surface area contributed by atoms with Gasteiger partial charge in [-0.2, -0.15) is 0 Å². The van der Waals surface area contributed by atoms with E-state index in [1.54, 1.807) is 21.3 Å². The zero-order chi connectivity index (χ0) is 20.7. The third-order valence-corrected chi connectivity index (χ3v) is 4.33. The zero-order valence-corrected chi connectivity index (χ0v) is 17.4. The molecule has 0 saturated carbocycles. The summed E-state index contributed by atoms with van der Waals surface area (Å²) in [7, 11) is 4.67. The van der Waals surface area contributed by atoms with Gasteiger partial charge in [0.25, 0.3) is 5.91 Å². The summed E-state index contributed by atoms with van der Waals surface area (Å²) in [5.74, 6) is 2.14. The lowest BCUT2D eigenvalue weighted by atomic mass is 10.1. The van der Waals surface area contributed by atoms with Crippen molar-refractivity contribution in [3.63, 3.8) is 0 Å². The van der Waals surface area contributed by atoms with E-state index in [4.69, 9.17) is 18.9 Å². The molecule has 2 aromatic rings. The minimum absolute atomic E-state index is 0.171. The normalized spacial score (nSPS) is 11.5. The van der Waals surface area contributed by atoms with Crippen molar-refractivity contribution in [2.45, 2.75) is 39.8 Å². The molecule has 0 aliphatic rings. The predicted molar refractivity (Wildman–Crippen MR) is 109 cm³/mol. The molecule has 0 radical (unpaired) electrons. The van der Waals surface area contributed by atoms with E-state index in [9.17, 15) is 4.79 Å². The van der Waals surface area contributed by atoms with Crippen molar-refractivity contribution < 1.29 is 23.7 Å². The third-order valence-electron chi connectivity index (χ3n) is 4.33. The summed E-state index contributed by atoms with van der Waals surface area (Å²) in [6, 6.07) is 9.56.